The van der Waals surface area contributed by atoms with Crippen LogP contribution in [0.4, 0.5) is 4.39 Å². The topological polar surface area (TPSA) is 139 Å². The van der Waals surface area contributed by atoms with E-state index in [9.17, 15) is 31.3 Å². The molecule has 0 amide bonds. The van der Waals surface area contributed by atoms with Gasteiger partial charge in [-0.1, -0.05) is 35.9 Å². The number of halogens is 1. The van der Waals surface area contributed by atoms with Crippen molar-refractivity contribution in [2.45, 2.75) is 23.3 Å². The molecule has 4 rings (SSSR count). The van der Waals surface area contributed by atoms with Crippen LogP contribution in [0.2, 0.25) is 0 Å². The second kappa shape index (κ2) is 10.3. The maximum atomic E-state index is 14.2. The molecule has 38 heavy (non-hydrogen) atoms. The van der Waals surface area contributed by atoms with E-state index >= 15 is 0 Å². The quantitative estimate of drug-likeness (QED) is 0.238. The lowest BCUT2D eigenvalue weighted by molar-refractivity contribution is 0.0601. The molecule has 0 aliphatic rings. The number of nitrogens with zero attached hydrogens (tertiary/aromatic N) is 4. The van der Waals surface area contributed by atoms with Crippen LogP contribution in [-0.4, -0.2) is 49.7 Å². The lowest BCUT2D eigenvalue weighted by Crippen LogP contribution is -2.33. The number of benzene rings is 2. The third-order valence-corrected chi connectivity index (χ3v) is 9.28. The highest BCUT2D eigenvalue weighted by Gasteiger charge is 2.35. The summed E-state index contributed by atoms with van der Waals surface area (Å²) in [6, 6.07) is 15.7. The summed E-state index contributed by atoms with van der Waals surface area (Å²) in [6.07, 6.45) is 0.778. The summed E-state index contributed by atoms with van der Waals surface area (Å²) in [5.41, 5.74) is -0.267. The predicted octanol–water partition coefficient (Wildman–Crippen LogP) is 3.22. The summed E-state index contributed by atoms with van der Waals surface area (Å²) >= 11 is 0. The highest BCUT2D eigenvalue weighted by Crippen LogP contribution is 2.32. The summed E-state index contributed by atoms with van der Waals surface area (Å²) in [7, 11) is -7.79. The number of rotatable bonds is 8. The Kier molecular flexibility index (Phi) is 7.32. The van der Waals surface area contributed by atoms with Gasteiger partial charge in [0.2, 0.25) is 10.0 Å². The van der Waals surface area contributed by atoms with Gasteiger partial charge in [-0.3, -0.25) is 0 Å². The molecule has 0 unspecified atom stereocenters. The number of esters is 1. The van der Waals surface area contributed by atoms with Crippen molar-refractivity contribution in [1.29, 1.82) is 5.26 Å². The van der Waals surface area contributed by atoms with Crippen LogP contribution in [0, 0.1) is 24.1 Å². The molecule has 0 aliphatic carbocycles. The van der Waals surface area contributed by atoms with E-state index in [1.54, 1.807) is 31.2 Å². The molecular formula is C25H21FN4O6S2. The molecule has 0 saturated carbocycles. The molecule has 4 aromatic rings. The predicted molar refractivity (Wildman–Crippen MR) is 134 cm³/mol. The van der Waals surface area contributed by atoms with Crippen LogP contribution in [0.15, 0.2) is 76.7 Å². The van der Waals surface area contributed by atoms with E-state index in [1.807, 2.05) is 0 Å². The zero-order chi connectivity index (χ0) is 27.7. The van der Waals surface area contributed by atoms with Gasteiger partial charge in [0.25, 0.3) is 10.0 Å². The van der Waals surface area contributed by atoms with Gasteiger partial charge in [0.15, 0.2) is 5.65 Å². The molecule has 0 saturated heterocycles. The number of nitriles is 1. The highest BCUT2D eigenvalue weighted by molar-refractivity contribution is 7.90. The van der Waals surface area contributed by atoms with Crippen molar-refractivity contribution in [2.75, 3.05) is 13.7 Å². The Morgan fingerprint density at radius 1 is 1.08 bits per heavy atom. The Hall–Kier alpha value is -4.12. The van der Waals surface area contributed by atoms with E-state index in [2.05, 4.69) is 4.98 Å². The fourth-order valence-electron chi connectivity index (χ4n) is 3.92. The van der Waals surface area contributed by atoms with Crippen molar-refractivity contribution in [2.24, 2.45) is 0 Å². The van der Waals surface area contributed by atoms with Gasteiger partial charge in [0.1, 0.15) is 12.4 Å². The first-order valence-corrected chi connectivity index (χ1v) is 13.9. The minimum absolute atomic E-state index is 0.143. The number of fused-ring (bicyclic) bond motifs is 1. The number of methoxy groups -OCH3 is 1. The first-order valence-electron chi connectivity index (χ1n) is 11.0. The zero-order valence-electron chi connectivity index (χ0n) is 20.2. The van der Waals surface area contributed by atoms with E-state index in [-0.39, 0.29) is 26.5 Å². The number of sulfonamides is 1. The number of ether oxygens (including phenoxy) is 1. The molecule has 0 aliphatic heterocycles. The fourth-order valence-corrected chi connectivity index (χ4v) is 6.75. The summed E-state index contributed by atoms with van der Waals surface area (Å²) in [5.74, 6) is -1.89. The Morgan fingerprint density at radius 3 is 2.34 bits per heavy atom. The molecule has 0 radical (unpaired) electrons. The average molecular weight is 557 g/mol. The van der Waals surface area contributed by atoms with Crippen molar-refractivity contribution in [3.63, 3.8) is 0 Å². The molecule has 13 heteroatoms. The van der Waals surface area contributed by atoms with Gasteiger partial charge in [-0.15, -0.1) is 0 Å². The van der Waals surface area contributed by atoms with Crippen LogP contribution < -0.4 is 0 Å². The van der Waals surface area contributed by atoms with Gasteiger partial charge in [-0.2, -0.15) is 9.57 Å². The number of hydrogen-bond acceptors (Lipinski definition) is 8. The van der Waals surface area contributed by atoms with E-state index in [0.29, 0.717) is 3.97 Å². The third-order valence-electron chi connectivity index (χ3n) is 5.73. The average Bonchev–Trinajstić information content (AvgIpc) is 3.22. The van der Waals surface area contributed by atoms with E-state index < -0.39 is 50.5 Å². The van der Waals surface area contributed by atoms with Crippen LogP contribution in [0.5, 0.6) is 0 Å². The van der Waals surface area contributed by atoms with Crippen molar-refractivity contribution in [1.82, 2.24) is 13.3 Å². The molecule has 2 aromatic heterocycles. The number of carbonyl (C=O) groups excluding carboxylic acids is 1. The molecule has 0 fully saturated rings. The van der Waals surface area contributed by atoms with Crippen molar-refractivity contribution in [3.8, 4) is 6.07 Å². The summed E-state index contributed by atoms with van der Waals surface area (Å²) in [5, 5.41) is 9.24. The lowest BCUT2D eigenvalue weighted by Gasteiger charge is -2.21. The lowest BCUT2D eigenvalue weighted by atomic mass is 10.1. The second-order valence-electron chi connectivity index (χ2n) is 8.16. The second-order valence-corrected chi connectivity index (χ2v) is 11.9. The number of aromatic nitrogens is 2. The first-order chi connectivity index (χ1) is 18.0. The minimum Gasteiger partial charge on any atom is -0.465 e. The van der Waals surface area contributed by atoms with Crippen molar-refractivity contribution in [3.05, 3.63) is 89.5 Å². The van der Waals surface area contributed by atoms with Gasteiger partial charge < -0.3 is 4.74 Å². The zero-order valence-corrected chi connectivity index (χ0v) is 21.8. The van der Waals surface area contributed by atoms with E-state index in [1.165, 1.54) is 36.4 Å². The maximum absolute atomic E-state index is 14.2. The van der Waals surface area contributed by atoms with Gasteiger partial charge >= 0.3 is 5.97 Å². The Labute approximate surface area is 218 Å². The Balaban J connectivity index is 2.04. The summed E-state index contributed by atoms with van der Waals surface area (Å²) in [4.78, 5) is 16.5. The molecule has 2 heterocycles. The van der Waals surface area contributed by atoms with Gasteiger partial charge in [0.05, 0.1) is 47.0 Å². The fraction of sp³-hybridized carbons (Fsp3) is 0.160. The molecule has 0 spiro atoms. The Morgan fingerprint density at radius 2 is 1.74 bits per heavy atom. The van der Waals surface area contributed by atoms with Crippen LogP contribution in [0.1, 0.15) is 21.6 Å². The van der Waals surface area contributed by atoms with Gasteiger partial charge in [-0.25, -0.2) is 35.0 Å². The van der Waals surface area contributed by atoms with E-state index in [0.717, 1.165) is 29.2 Å². The Bertz CT molecular complexity index is 1780. The van der Waals surface area contributed by atoms with Crippen LogP contribution in [0.3, 0.4) is 0 Å². The van der Waals surface area contributed by atoms with Gasteiger partial charge in [-0.05, 0) is 37.3 Å². The van der Waals surface area contributed by atoms with Crippen molar-refractivity contribution >= 4 is 37.0 Å². The monoisotopic (exact) mass is 556 g/mol. The van der Waals surface area contributed by atoms with Crippen LogP contribution >= 0.6 is 0 Å². The minimum atomic E-state index is -4.49. The number of hydrogen-bond donors (Lipinski definition) is 0. The van der Waals surface area contributed by atoms with E-state index in [4.69, 9.17) is 4.74 Å². The number of pyridine rings is 1. The molecule has 0 atom stereocenters. The third kappa shape index (κ3) is 4.76. The summed E-state index contributed by atoms with van der Waals surface area (Å²) in [6.45, 7) is 0.356. The van der Waals surface area contributed by atoms with Gasteiger partial charge in [0, 0.05) is 5.39 Å². The van der Waals surface area contributed by atoms with Crippen LogP contribution in [-0.2, 0) is 31.3 Å². The number of carbonyl (C=O) groups is 1. The van der Waals surface area contributed by atoms with Crippen LogP contribution in [0.25, 0.3) is 11.0 Å². The molecule has 0 N–H and O–H groups in total. The molecule has 2 aromatic carbocycles. The standard InChI is InChI=1S/C25H21FN4O6S2/c1-17-8-10-20(11-9-17)37(32,33)29(13-12-27)16-22-23(25(31)36-2)21-14-18(26)15-28-24(21)30(22)38(34,35)19-6-4-3-5-7-19/h3-11,14-15H,13,16H2,1-2H3. The molecule has 10 nitrogen and oxygen atoms in total. The largest absolute Gasteiger partial charge is 0.465 e. The number of aryl methyl sites for hydroxylation is 1. The van der Waals surface area contributed by atoms with Crippen molar-refractivity contribution < 1.29 is 30.8 Å². The highest BCUT2D eigenvalue weighted by atomic mass is 32.2. The molecular weight excluding hydrogens is 535 g/mol. The molecule has 196 valence electrons. The smallest absolute Gasteiger partial charge is 0.340 e. The maximum Gasteiger partial charge on any atom is 0.340 e. The first kappa shape index (κ1) is 26.9. The summed E-state index contributed by atoms with van der Waals surface area (Å²) < 4.78 is 75.2. The normalized spacial score (nSPS) is 12.0. The SMILES string of the molecule is COC(=O)c1c(CN(CC#N)S(=O)(=O)c2ccc(C)cc2)n(S(=O)(=O)c2ccccc2)c2ncc(F)cc12. The molecule has 0 bridgehead atoms.